The standard InChI is InChI=1S/C17H28N2S/c1-5-18-10-14-15(17(2,3)4)19-16(20-14)13-9-11-6-7-12(13)8-11/h11-13,18H,5-10H2,1-4H3. The van der Waals surface area contributed by atoms with Crippen LogP contribution in [0.3, 0.4) is 0 Å². The van der Waals surface area contributed by atoms with E-state index in [-0.39, 0.29) is 5.41 Å². The van der Waals surface area contributed by atoms with E-state index in [1.54, 1.807) is 0 Å². The largest absolute Gasteiger partial charge is 0.312 e. The van der Waals surface area contributed by atoms with Gasteiger partial charge in [0.2, 0.25) is 0 Å². The van der Waals surface area contributed by atoms with Crippen molar-refractivity contribution in [1.82, 2.24) is 10.3 Å². The van der Waals surface area contributed by atoms with Crippen molar-refractivity contribution >= 4 is 11.3 Å². The number of nitrogens with one attached hydrogen (secondary N) is 1. The van der Waals surface area contributed by atoms with Crippen LogP contribution in [0.5, 0.6) is 0 Å². The molecule has 2 nitrogen and oxygen atoms in total. The van der Waals surface area contributed by atoms with Crippen molar-refractivity contribution in [2.24, 2.45) is 11.8 Å². The molecule has 3 unspecified atom stereocenters. The first-order chi connectivity index (χ1) is 9.49. The highest BCUT2D eigenvalue weighted by atomic mass is 32.1. The molecule has 0 saturated heterocycles. The monoisotopic (exact) mass is 292 g/mol. The Hall–Kier alpha value is -0.410. The number of hydrogen-bond acceptors (Lipinski definition) is 3. The van der Waals surface area contributed by atoms with Gasteiger partial charge in [0.05, 0.1) is 10.7 Å². The molecule has 0 amide bonds. The predicted molar refractivity (Wildman–Crippen MR) is 86.4 cm³/mol. The third-order valence-corrected chi connectivity index (χ3v) is 6.20. The van der Waals surface area contributed by atoms with E-state index in [0.29, 0.717) is 0 Å². The van der Waals surface area contributed by atoms with Gasteiger partial charge in [-0.1, -0.05) is 34.1 Å². The molecular weight excluding hydrogens is 264 g/mol. The van der Waals surface area contributed by atoms with Gasteiger partial charge in [0.15, 0.2) is 0 Å². The zero-order valence-corrected chi connectivity index (χ0v) is 14.1. The van der Waals surface area contributed by atoms with Gasteiger partial charge in [0.1, 0.15) is 0 Å². The fourth-order valence-corrected chi connectivity index (χ4v) is 5.47. The van der Waals surface area contributed by atoms with E-state index < -0.39 is 0 Å². The van der Waals surface area contributed by atoms with Crippen molar-refractivity contribution in [3.63, 3.8) is 0 Å². The van der Waals surface area contributed by atoms with Gasteiger partial charge in [-0.05, 0) is 37.6 Å². The van der Waals surface area contributed by atoms with Crippen LogP contribution in [0.25, 0.3) is 0 Å². The van der Waals surface area contributed by atoms with Crippen molar-refractivity contribution in [3.05, 3.63) is 15.6 Å². The lowest BCUT2D eigenvalue weighted by Gasteiger charge is -2.20. The van der Waals surface area contributed by atoms with Crippen LogP contribution in [0.4, 0.5) is 0 Å². The third kappa shape index (κ3) is 2.67. The summed E-state index contributed by atoms with van der Waals surface area (Å²) in [6, 6.07) is 0. The Balaban J connectivity index is 1.86. The second kappa shape index (κ2) is 5.42. The molecule has 0 radical (unpaired) electrons. The van der Waals surface area contributed by atoms with Crippen molar-refractivity contribution in [2.75, 3.05) is 6.54 Å². The Morgan fingerprint density at radius 3 is 2.60 bits per heavy atom. The highest BCUT2D eigenvalue weighted by Crippen LogP contribution is 2.54. The minimum Gasteiger partial charge on any atom is -0.312 e. The van der Waals surface area contributed by atoms with Crippen LogP contribution in [0.2, 0.25) is 0 Å². The van der Waals surface area contributed by atoms with Gasteiger partial charge in [-0.25, -0.2) is 4.98 Å². The molecule has 20 heavy (non-hydrogen) atoms. The molecule has 1 N–H and O–H groups in total. The maximum atomic E-state index is 5.11. The molecule has 2 bridgehead atoms. The van der Waals surface area contributed by atoms with Crippen LogP contribution < -0.4 is 5.32 Å². The summed E-state index contributed by atoms with van der Waals surface area (Å²) in [4.78, 5) is 6.58. The third-order valence-electron chi connectivity index (χ3n) is 5.02. The first-order valence-corrected chi connectivity index (χ1v) is 9.01. The zero-order valence-electron chi connectivity index (χ0n) is 13.3. The Morgan fingerprint density at radius 1 is 1.25 bits per heavy atom. The number of aromatic nitrogens is 1. The fourth-order valence-electron chi connectivity index (χ4n) is 4.02. The Morgan fingerprint density at radius 2 is 2.05 bits per heavy atom. The quantitative estimate of drug-likeness (QED) is 0.886. The van der Waals surface area contributed by atoms with Crippen molar-refractivity contribution in [2.45, 2.75) is 71.3 Å². The second-order valence-corrected chi connectivity index (χ2v) is 8.75. The molecule has 0 aromatic carbocycles. The van der Waals surface area contributed by atoms with Gasteiger partial charge >= 0.3 is 0 Å². The molecular formula is C17H28N2S. The van der Waals surface area contributed by atoms with Gasteiger partial charge in [0.25, 0.3) is 0 Å². The molecule has 1 aromatic heterocycles. The fraction of sp³-hybridized carbons (Fsp3) is 0.824. The maximum absolute atomic E-state index is 5.11. The highest BCUT2D eigenvalue weighted by molar-refractivity contribution is 7.11. The smallest absolute Gasteiger partial charge is 0.0965 e. The minimum atomic E-state index is 0.164. The number of hydrogen-bond donors (Lipinski definition) is 1. The van der Waals surface area contributed by atoms with E-state index in [1.165, 1.54) is 41.3 Å². The van der Waals surface area contributed by atoms with Crippen molar-refractivity contribution in [1.29, 1.82) is 0 Å². The summed E-state index contributed by atoms with van der Waals surface area (Å²) in [5, 5.41) is 4.93. The lowest BCUT2D eigenvalue weighted by molar-refractivity contribution is 0.417. The predicted octanol–water partition coefficient (Wildman–Crippen LogP) is 4.45. The maximum Gasteiger partial charge on any atom is 0.0965 e. The van der Waals surface area contributed by atoms with E-state index in [9.17, 15) is 0 Å². The van der Waals surface area contributed by atoms with E-state index in [2.05, 4.69) is 33.0 Å². The summed E-state index contributed by atoms with van der Waals surface area (Å²) in [7, 11) is 0. The number of rotatable bonds is 4. The van der Waals surface area contributed by atoms with E-state index in [0.717, 1.165) is 30.8 Å². The van der Waals surface area contributed by atoms with Gasteiger partial charge < -0.3 is 5.32 Å². The summed E-state index contributed by atoms with van der Waals surface area (Å²) in [6.45, 7) is 11.1. The highest BCUT2D eigenvalue weighted by Gasteiger charge is 2.42. The number of nitrogens with zero attached hydrogens (tertiary/aromatic N) is 1. The number of thiazole rings is 1. The Kier molecular flexibility index (Phi) is 3.93. The molecule has 2 aliphatic carbocycles. The Bertz CT molecular complexity index is 472. The van der Waals surface area contributed by atoms with Crippen molar-refractivity contribution < 1.29 is 0 Å². The van der Waals surface area contributed by atoms with Crippen LogP contribution >= 0.6 is 11.3 Å². The molecule has 2 saturated carbocycles. The summed E-state index contributed by atoms with van der Waals surface area (Å²) in [6.07, 6.45) is 5.80. The van der Waals surface area contributed by atoms with Gasteiger partial charge in [-0.2, -0.15) is 0 Å². The minimum absolute atomic E-state index is 0.164. The molecule has 0 spiro atoms. The molecule has 3 rings (SSSR count). The molecule has 2 aliphatic rings. The van der Waals surface area contributed by atoms with Gasteiger partial charge in [0, 0.05) is 22.8 Å². The van der Waals surface area contributed by atoms with E-state index in [1.807, 2.05) is 11.3 Å². The SMILES string of the molecule is CCNCc1sc(C2CC3CCC2C3)nc1C(C)(C)C. The molecule has 1 aromatic rings. The molecule has 3 atom stereocenters. The summed E-state index contributed by atoms with van der Waals surface area (Å²) in [5.41, 5.74) is 1.50. The second-order valence-electron chi connectivity index (χ2n) is 7.64. The lowest BCUT2D eigenvalue weighted by Crippen LogP contribution is -2.18. The normalized spacial score (nSPS) is 29.3. The Labute approximate surface area is 127 Å². The summed E-state index contributed by atoms with van der Waals surface area (Å²) in [5.74, 6) is 2.71. The molecule has 1 heterocycles. The van der Waals surface area contributed by atoms with Crippen LogP contribution in [-0.2, 0) is 12.0 Å². The van der Waals surface area contributed by atoms with E-state index >= 15 is 0 Å². The van der Waals surface area contributed by atoms with Crippen LogP contribution in [0.1, 0.15) is 74.9 Å². The average Bonchev–Trinajstić information content (AvgIpc) is 3.09. The molecule has 0 aliphatic heterocycles. The summed E-state index contributed by atoms with van der Waals surface area (Å²) >= 11 is 1.99. The van der Waals surface area contributed by atoms with Crippen LogP contribution in [-0.4, -0.2) is 11.5 Å². The average molecular weight is 292 g/mol. The van der Waals surface area contributed by atoms with Crippen molar-refractivity contribution in [3.8, 4) is 0 Å². The van der Waals surface area contributed by atoms with Gasteiger partial charge in [-0.3, -0.25) is 0 Å². The molecule has 3 heteroatoms. The number of fused-ring (bicyclic) bond motifs is 2. The van der Waals surface area contributed by atoms with Crippen LogP contribution in [0.15, 0.2) is 0 Å². The lowest BCUT2D eigenvalue weighted by atomic mass is 9.88. The summed E-state index contributed by atoms with van der Waals surface area (Å²) < 4.78 is 0. The molecule has 112 valence electrons. The topological polar surface area (TPSA) is 24.9 Å². The zero-order chi connectivity index (χ0) is 14.3. The van der Waals surface area contributed by atoms with Gasteiger partial charge in [-0.15, -0.1) is 11.3 Å². The molecule has 2 fully saturated rings. The van der Waals surface area contributed by atoms with Crippen LogP contribution in [0, 0.1) is 11.8 Å². The first-order valence-electron chi connectivity index (χ1n) is 8.19. The first kappa shape index (κ1) is 14.5. The van der Waals surface area contributed by atoms with E-state index in [4.69, 9.17) is 4.98 Å².